The van der Waals surface area contributed by atoms with Gasteiger partial charge in [0.1, 0.15) is 0 Å². The molecule has 2 aliphatic rings. The van der Waals surface area contributed by atoms with E-state index in [2.05, 4.69) is 9.62 Å². The highest BCUT2D eigenvalue weighted by Crippen LogP contribution is 2.38. The third-order valence-corrected chi connectivity index (χ3v) is 5.91. The zero-order chi connectivity index (χ0) is 14.3. The number of hydrogen-bond acceptors (Lipinski definition) is 4. The molecule has 0 amide bonds. The van der Waals surface area contributed by atoms with Gasteiger partial charge in [-0.05, 0) is 57.0 Å². The van der Waals surface area contributed by atoms with E-state index in [4.69, 9.17) is 5.73 Å². The molecule has 1 aromatic rings. The van der Waals surface area contributed by atoms with Gasteiger partial charge in [-0.1, -0.05) is 0 Å². The Kier molecular flexibility index (Phi) is 3.48. The predicted molar refractivity (Wildman–Crippen MR) is 79.2 cm³/mol. The molecule has 0 radical (unpaired) electrons. The largest absolute Gasteiger partial charge is 0.365 e. The normalized spacial score (nSPS) is 29.7. The van der Waals surface area contributed by atoms with Gasteiger partial charge in [0, 0.05) is 23.8 Å². The van der Waals surface area contributed by atoms with Crippen molar-refractivity contribution in [2.45, 2.75) is 48.7 Å². The molecule has 5 nitrogen and oxygen atoms in total. The van der Waals surface area contributed by atoms with Gasteiger partial charge in [0.05, 0.1) is 4.90 Å². The van der Waals surface area contributed by atoms with Gasteiger partial charge in [0.2, 0.25) is 10.0 Å². The molecule has 20 heavy (non-hydrogen) atoms. The van der Waals surface area contributed by atoms with Crippen molar-refractivity contribution in [2.75, 3.05) is 11.9 Å². The Balaban J connectivity index is 1.86. The number of rotatable bonds is 3. The molecule has 2 unspecified atom stereocenters. The number of anilines is 1. The van der Waals surface area contributed by atoms with Crippen LogP contribution in [0, 0.1) is 0 Å². The van der Waals surface area contributed by atoms with Gasteiger partial charge in [-0.3, -0.25) is 0 Å². The van der Waals surface area contributed by atoms with E-state index < -0.39 is 10.0 Å². The molecule has 3 N–H and O–H groups in total. The summed E-state index contributed by atoms with van der Waals surface area (Å²) < 4.78 is 25.8. The Labute approximate surface area is 120 Å². The Morgan fingerprint density at radius 1 is 1.15 bits per heavy atom. The zero-order valence-electron chi connectivity index (χ0n) is 11.6. The van der Waals surface area contributed by atoms with Crippen molar-refractivity contribution in [1.82, 2.24) is 4.72 Å². The first-order chi connectivity index (χ1) is 9.51. The fourth-order valence-corrected chi connectivity index (χ4v) is 4.29. The van der Waals surface area contributed by atoms with Gasteiger partial charge in [0.15, 0.2) is 0 Å². The quantitative estimate of drug-likeness (QED) is 0.874. The van der Waals surface area contributed by atoms with Crippen molar-refractivity contribution in [3.63, 3.8) is 0 Å². The minimum Gasteiger partial charge on any atom is -0.365 e. The minimum absolute atomic E-state index is 0.310. The Morgan fingerprint density at radius 3 is 2.20 bits per heavy atom. The summed E-state index contributed by atoms with van der Waals surface area (Å²) in [5, 5.41) is 0. The van der Waals surface area contributed by atoms with Gasteiger partial charge in [-0.2, -0.15) is 0 Å². The third kappa shape index (κ3) is 2.32. The predicted octanol–water partition coefficient (Wildman–Crippen LogP) is 1.05. The minimum atomic E-state index is -3.35. The second-order valence-electron chi connectivity index (χ2n) is 5.73. The summed E-state index contributed by atoms with van der Waals surface area (Å²) in [5.41, 5.74) is 7.19. The van der Waals surface area contributed by atoms with Crippen molar-refractivity contribution in [1.29, 1.82) is 0 Å². The maximum absolute atomic E-state index is 11.7. The Hall–Kier alpha value is -1.11. The summed E-state index contributed by atoms with van der Waals surface area (Å²) in [6, 6.07) is 8.50. The molecular formula is C14H21N3O2S. The average Bonchev–Trinajstić information content (AvgIpc) is 2.71. The van der Waals surface area contributed by atoms with E-state index in [0.29, 0.717) is 23.0 Å². The first-order valence-electron chi connectivity index (χ1n) is 7.09. The van der Waals surface area contributed by atoms with Crippen LogP contribution in [0.4, 0.5) is 5.69 Å². The van der Waals surface area contributed by atoms with Gasteiger partial charge in [0.25, 0.3) is 0 Å². The van der Waals surface area contributed by atoms with Crippen molar-refractivity contribution in [2.24, 2.45) is 5.73 Å². The number of piperidine rings is 1. The zero-order valence-corrected chi connectivity index (χ0v) is 12.4. The molecule has 1 aromatic carbocycles. The lowest BCUT2D eigenvalue weighted by molar-refractivity contribution is 0.414. The van der Waals surface area contributed by atoms with Crippen LogP contribution in [0.1, 0.15) is 25.7 Å². The molecule has 2 bridgehead atoms. The molecular weight excluding hydrogens is 274 g/mol. The van der Waals surface area contributed by atoms with Crippen LogP contribution in [0.25, 0.3) is 0 Å². The molecule has 2 saturated heterocycles. The summed E-state index contributed by atoms with van der Waals surface area (Å²) in [6.45, 7) is 0. The van der Waals surface area contributed by atoms with Crippen LogP contribution >= 0.6 is 0 Å². The molecule has 2 heterocycles. The van der Waals surface area contributed by atoms with Crippen molar-refractivity contribution < 1.29 is 8.42 Å². The van der Waals surface area contributed by atoms with Crippen LogP contribution in [0.15, 0.2) is 29.2 Å². The highest BCUT2D eigenvalue weighted by molar-refractivity contribution is 7.89. The molecule has 0 aromatic heterocycles. The van der Waals surface area contributed by atoms with E-state index >= 15 is 0 Å². The summed E-state index contributed by atoms with van der Waals surface area (Å²) in [5.74, 6) is 0. The number of benzene rings is 1. The first kappa shape index (κ1) is 13.9. The number of nitrogens with one attached hydrogen (secondary N) is 1. The standard InChI is InChI=1S/C14H21N3O2S/c1-16-20(18,19)14-6-4-11(5-7-14)17-12-2-3-13(17)9-10(15)8-12/h4-7,10,12-13,16H,2-3,8-9,15H2,1H3. The number of sulfonamides is 1. The van der Waals surface area contributed by atoms with E-state index in [-0.39, 0.29) is 0 Å². The van der Waals surface area contributed by atoms with Crippen LogP contribution in [0.2, 0.25) is 0 Å². The maximum Gasteiger partial charge on any atom is 0.240 e. The molecule has 2 aliphatic heterocycles. The van der Waals surface area contributed by atoms with E-state index in [1.54, 1.807) is 12.1 Å². The molecule has 0 saturated carbocycles. The molecule has 6 heteroatoms. The topological polar surface area (TPSA) is 75.4 Å². The smallest absolute Gasteiger partial charge is 0.240 e. The Bertz CT molecular complexity index is 571. The van der Waals surface area contributed by atoms with Gasteiger partial charge < -0.3 is 10.6 Å². The van der Waals surface area contributed by atoms with Crippen LogP contribution in [-0.4, -0.2) is 33.6 Å². The summed E-state index contributed by atoms with van der Waals surface area (Å²) in [7, 11) is -1.93. The molecule has 2 atom stereocenters. The second-order valence-corrected chi connectivity index (χ2v) is 7.61. The van der Waals surface area contributed by atoms with E-state index in [0.717, 1.165) is 18.5 Å². The van der Waals surface area contributed by atoms with Crippen LogP contribution in [-0.2, 0) is 10.0 Å². The third-order valence-electron chi connectivity index (χ3n) is 4.48. The SMILES string of the molecule is CNS(=O)(=O)c1ccc(N2C3CCC2CC(N)C3)cc1. The highest BCUT2D eigenvalue weighted by Gasteiger charge is 2.39. The number of hydrogen-bond donors (Lipinski definition) is 2. The molecule has 0 aliphatic carbocycles. The molecule has 2 fully saturated rings. The van der Waals surface area contributed by atoms with Crippen molar-refractivity contribution in [3.8, 4) is 0 Å². The lowest BCUT2D eigenvalue weighted by Gasteiger charge is -2.39. The van der Waals surface area contributed by atoms with Gasteiger partial charge >= 0.3 is 0 Å². The van der Waals surface area contributed by atoms with Crippen LogP contribution in [0.3, 0.4) is 0 Å². The number of fused-ring (bicyclic) bond motifs is 2. The maximum atomic E-state index is 11.7. The van der Waals surface area contributed by atoms with Gasteiger partial charge in [-0.25, -0.2) is 13.1 Å². The van der Waals surface area contributed by atoms with Crippen LogP contribution in [0.5, 0.6) is 0 Å². The summed E-state index contributed by atoms with van der Waals surface area (Å²) in [4.78, 5) is 2.74. The fourth-order valence-electron chi connectivity index (χ4n) is 3.56. The summed E-state index contributed by atoms with van der Waals surface area (Å²) in [6.07, 6.45) is 4.45. The molecule has 110 valence electrons. The van der Waals surface area contributed by atoms with Gasteiger partial charge in [-0.15, -0.1) is 0 Å². The van der Waals surface area contributed by atoms with Crippen molar-refractivity contribution in [3.05, 3.63) is 24.3 Å². The fraction of sp³-hybridized carbons (Fsp3) is 0.571. The highest BCUT2D eigenvalue weighted by atomic mass is 32.2. The monoisotopic (exact) mass is 295 g/mol. The summed E-state index contributed by atoms with van der Waals surface area (Å²) >= 11 is 0. The molecule has 3 rings (SSSR count). The molecule has 0 spiro atoms. The first-order valence-corrected chi connectivity index (χ1v) is 8.57. The lowest BCUT2D eigenvalue weighted by Crippen LogP contribution is -2.47. The number of nitrogens with two attached hydrogens (primary N) is 1. The lowest BCUT2D eigenvalue weighted by atomic mass is 9.97. The number of nitrogens with zero attached hydrogens (tertiary/aromatic N) is 1. The average molecular weight is 295 g/mol. The van der Waals surface area contributed by atoms with Crippen LogP contribution < -0.4 is 15.4 Å². The Morgan fingerprint density at radius 2 is 1.70 bits per heavy atom. The van der Waals surface area contributed by atoms with E-state index in [1.165, 1.54) is 19.9 Å². The van der Waals surface area contributed by atoms with E-state index in [9.17, 15) is 8.42 Å². The van der Waals surface area contributed by atoms with E-state index in [1.807, 2.05) is 12.1 Å². The van der Waals surface area contributed by atoms with Crippen molar-refractivity contribution >= 4 is 15.7 Å². The second kappa shape index (κ2) is 5.02.